The number of hydrogen-bond acceptors (Lipinski definition) is 2. The SMILES string of the molecule is CC(Oc1ccccc1CCN)C(F)(F)F. The molecule has 0 spiro atoms. The summed E-state index contributed by atoms with van der Waals surface area (Å²) in [6, 6.07) is 6.62. The molecule has 2 nitrogen and oxygen atoms in total. The Hall–Kier alpha value is -1.23. The van der Waals surface area contributed by atoms with Gasteiger partial charge in [0.2, 0.25) is 0 Å². The third kappa shape index (κ3) is 3.41. The molecule has 16 heavy (non-hydrogen) atoms. The number of alkyl halides is 3. The zero-order valence-electron chi connectivity index (χ0n) is 8.92. The summed E-state index contributed by atoms with van der Waals surface area (Å²) in [6.45, 7) is 1.36. The van der Waals surface area contributed by atoms with Crippen molar-refractivity contribution in [2.24, 2.45) is 5.73 Å². The first kappa shape index (κ1) is 12.8. The second-order valence-electron chi connectivity index (χ2n) is 3.45. The highest BCUT2D eigenvalue weighted by atomic mass is 19.4. The van der Waals surface area contributed by atoms with Gasteiger partial charge in [-0.15, -0.1) is 0 Å². The minimum absolute atomic E-state index is 0.248. The van der Waals surface area contributed by atoms with Crippen molar-refractivity contribution >= 4 is 0 Å². The first-order valence-corrected chi connectivity index (χ1v) is 4.96. The van der Waals surface area contributed by atoms with Crippen molar-refractivity contribution in [3.05, 3.63) is 29.8 Å². The Morgan fingerprint density at radius 2 is 1.94 bits per heavy atom. The Morgan fingerprint density at radius 3 is 2.50 bits per heavy atom. The maximum absolute atomic E-state index is 12.3. The molecule has 1 unspecified atom stereocenters. The van der Waals surface area contributed by atoms with E-state index in [1.54, 1.807) is 18.2 Å². The van der Waals surface area contributed by atoms with Crippen LogP contribution in [0.3, 0.4) is 0 Å². The minimum Gasteiger partial charge on any atom is -0.481 e. The van der Waals surface area contributed by atoms with Gasteiger partial charge in [0, 0.05) is 0 Å². The van der Waals surface area contributed by atoms with Crippen LogP contribution in [0.2, 0.25) is 0 Å². The zero-order chi connectivity index (χ0) is 12.2. The molecule has 0 radical (unpaired) electrons. The lowest BCUT2D eigenvalue weighted by molar-refractivity contribution is -0.189. The maximum Gasteiger partial charge on any atom is 0.425 e. The van der Waals surface area contributed by atoms with E-state index in [-0.39, 0.29) is 5.75 Å². The van der Waals surface area contributed by atoms with Crippen LogP contribution in [0.25, 0.3) is 0 Å². The molecule has 0 fully saturated rings. The molecule has 2 N–H and O–H groups in total. The summed E-state index contributed by atoms with van der Waals surface area (Å²) in [5.41, 5.74) is 6.06. The standard InChI is InChI=1S/C11H14F3NO/c1-8(11(12,13)14)16-10-5-3-2-4-9(10)6-7-15/h2-5,8H,6-7,15H2,1H3. The van der Waals surface area contributed by atoms with Crippen molar-refractivity contribution in [3.63, 3.8) is 0 Å². The molecule has 1 aromatic rings. The summed E-state index contributed by atoms with van der Waals surface area (Å²) in [7, 11) is 0. The Bertz CT molecular complexity index is 338. The average Bonchev–Trinajstić information content (AvgIpc) is 2.20. The van der Waals surface area contributed by atoms with Crippen LogP contribution in [0.1, 0.15) is 12.5 Å². The maximum atomic E-state index is 12.3. The van der Waals surface area contributed by atoms with E-state index in [1.807, 2.05) is 0 Å². The van der Waals surface area contributed by atoms with Gasteiger partial charge in [-0.25, -0.2) is 0 Å². The molecule has 0 bridgehead atoms. The van der Waals surface area contributed by atoms with E-state index < -0.39 is 12.3 Å². The Morgan fingerprint density at radius 1 is 1.31 bits per heavy atom. The third-order valence-electron chi connectivity index (χ3n) is 2.15. The van der Waals surface area contributed by atoms with E-state index in [9.17, 15) is 13.2 Å². The summed E-state index contributed by atoms with van der Waals surface area (Å²) in [5, 5.41) is 0. The molecule has 1 aromatic carbocycles. The summed E-state index contributed by atoms with van der Waals surface area (Å²) < 4.78 is 41.8. The minimum atomic E-state index is -4.35. The summed E-state index contributed by atoms with van der Waals surface area (Å²) in [5.74, 6) is 0.248. The van der Waals surface area contributed by atoms with Gasteiger partial charge in [0.1, 0.15) is 5.75 Å². The molecule has 0 aliphatic heterocycles. The van der Waals surface area contributed by atoms with Crippen molar-refractivity contribution in [1.29, 1.82) is 0 Å². The molecule has 1 rings (SSSR count). The van der Waals surface area contributed by atoms with Crippen molar-refractivity contribution in [2.75, 3.05) is 6.54 Å². The molecule has 0 aromatic heterocycles. The van der Waals surface area contributed by atoms with Crippen molar-refractivity contribution in [3.8, 4) is 5.75 Å². The van der Waals surface area contributed by atoms with E-state index in [0.29, 0.717) is 18.5 Å². The van der Waals surface area contributed by atoms with Crippen molar-refractivity contribution in [2.45, 2.75) is 25.6 Å². The molecule has 90 valence electrons. The second-order valence-corrected chi connectivity index (χ2v) is 3.45. The number of halogens is 3. The smallest absolute Gasteiger partial charge is 0.425 e. The van der Waals surface area contributed by atoms with Crippen LogP contribution in [-0.2, 0) is 6.42 Å². The van der Waals surface area contributed by atoms with Crippen LogP contribution in [0.5, 0.6) is 5.75 Å². The molecule has 0 aliphatic rings. The van der Waals surface area contributed by atoms with Gasteiger partial charge in [-0.1, -0.05) is 18.2 Å². The largest absolute Gasteiger partial charge is 0.481 e. The summed E-state index contributed by atoms with van der Waals surface area (Å²) in [6.07, 6.45) is -5.66. The number of rotatable bonds is 4. The monoisotopic (exact) mass is 233 g/mol. The fourth-order valence-corrected chi connectivity index (χ4v) is 1.24. The van der Waals surface area contributed by atoms with Crippen molar-refractivity contribution < 1.29 is 17.9 Å². The van der Waals surface area contributed by atoms with E-state index in [1.165, 1.54) is 6.07 Å². The predicted molar refractivity (Wildman–Crippen MR) is 55.3 cm³/mol. The average molecular weight is 233 g/mol. The van der Waals surface area contributed by atoms with Crippen LogP contribution in [-0.4, -0.2) is 18.8 Å². The van der Waals surface area contributed by atoms with Gasteiger partial charge in [-0.3, -0.25) is 0 Å². The lowest BCUT2D eigenvalue weighted by Gasteiger charge is -2.19. The highest BCUT2D eigenvalue weighted by molar-refractivity contribution is 5.33. The lowest BCUT2D eigenvalue weighted by Crippen LogP contribution is -2.31. The van der Waals surface area contributed by atoms with Gasteiger partial charge in [0.05, 0.1) is 0 Å². The summed E-state index contributed by atoms with van der Waals surface area (Å²) >= 11 is 0. The van der Waals surface area contributed by atoms with Crippen LogP contribution in [0, 0.1) is 0 Å². The summed E-state index contributed by atoms with van der Waals surface area (Å²) in [4.78, 5) is 0. The van der Waals surface area contributed by atoms with Gasteiger partial charge in [-0.2, -0.15) is 13.2 Å². The molecular formula is C11H14F3NO. The van der Waals surface area contributed by atoms with Gasteiger partial charge in [-0.05, 0) is 31.5 Å². The van der Waals surface area contributed by atoms with Crippen molar-refractivity contribution in [1.82, 2.24) is 0 Å². The van der Waals surface area contributed by atoms with E-state index in [0.717, 1.165) is 6.92 Å². The molecule has 1 atom stereocenters. The fraction of sp³-hybridized carbons (Fsp3) is 0.455. The number of benzene rings is 1. The molecule has 0 amide bonds. The predicted octanol–water partition coefficient (Wildman–Crippen LogP) is 2.52. The van der Waals surface area contributed by atoms with Gasteiger partial charge in [0.25, 0.3) is 0 Å². The highest BCUT2D eigenvalue weighted by Crippen LogP contribution is 2.27. The first-order chi connectivity index (χ1) is 7.45. The number of nitrogens with two attached hydrogens (primary N) is 1. The molecule has 5 heteroatoms. The third-order valence-corrected chi connectivity index (χ3v) is 2.15. The Labute approximate surface area is 92.2 Å². The van der Waals surface area contributed by atoms with Gasteiger partial charge >= 0.3 is 6.18 Å². The second kappa shape index (κ2) is 5.21. The lowest BCUT2D eigenvalue weighted by atomic mass is 10.1. The van der Waals surface area contributed by atoms with E-state index >= 15 is 0 Å². The number of ether oxygens (including phenoxy) is 1. The molecule has 0 saturated heterocycles. The van der Waals surface area contributed by atoms with Crippen LogP contribution < -0.4 is 10.5 Å². The zero-order valence-corrected chi connectivity index (χ0v) is 8.92. The highest BCUT2D eigenvalue weighted by Gasteiger charge is 2.38. The molecule has 0 aliphatic carbocycles. The fourth-order valence-electron chi connectivity index (χ4n) is 1.24. The Balaban J connectivity index is 2.80. The molecule has 0 saturated carbocycles. The molecular weight excluding hydrogens is 219 g/mol. The van der Waals surface area contributed by atoms with Crippen LogP contribution in [0.4, 0.5) is 13.2 Å². The van der Waals surface area contributed by atoms with Gasteiger partial charge in [0.15, 0.2) is 6.10 Å². The number of para-hydroxylation sites is 1. The topological polar surface area (TPSA) is 35.2 Å². The quantitative estimate of drug-likeness (QED) is 0.867. The van der Waals surface area contributed by atoms with E-state index in [4.69, 9.17) is 10.5 Å². The van der Waals surface area contributed by atoms with Crippen LogP contribution in [0.15, 0.2) is 24.3 Å². The van der Waals surface area contributed by atoms with E-state index in [2.05, 4.69) is 0 Å². The van der Waals surface area contributed by atoms with Crippen LogP contribution >= 0.6 is 0 Å². The Kier molecular flexibility index (Phi) is 4.18. The normalized spacial score (nSPS) is 13.6. The number of hydrogen-bond donors (Lipinski definition) is 1. The first-order valence-electron chi connectivity index (χ1n) is 4.96. The molecule has 0 heterocycles. The van der Waals surface area contributed by atoms with Gasteiger partial charge < -0.3 is 10.5 Å².